The highest BCUT2D eigenvalue weighted by atomic mass is 16.5. The van der Waals surface area contributed by atoms with Gasteiger partial charge in [-0.3, -0.25) is 9.69 Å². The Kier molecular flexibility index (Phi) is 9.36. The van der Waals surface area contributed by atoms with Crippen molar-refractivity contribution < 1.29 is 19.4 Å². The van der Waals surface area contributed by atoms with Crippen LogP contribution < -0.4 is 9.47 Å². The van der Waals surface area contributed by atoms with Crippen LogP contribution in [0.25, 0.3) is 0 Å². The molecule has 1 aliphatic heterocycles. The molecule has 0 radical (unpaired) electrons. The standard InChI is InChI=1S/C30H36N2O4/c1-35-29-20-26(12-13-28(29)36-23-25-10-6-3-7-11-25)21-31-16-14-27(15-17-31)30(34)32(18-19-33)22-24-8-4-2-5-9-24/h2-13,20,27,33H,14-19,21-23H2,1H3. The third-order valence-electron chi connectivity index (χ3n) is 6.71. The van der Waals surface area contributed by atoms with Crippen molar-refractivity contribution in [1.29, 1.82) is 0 Å². The van der Waals surface area contributed by atoms with Crippen molar-refractivity contribution in [3.63, 3.8) is 0 Å². The van der Waals surface area contributed by atoms with Gasteiger partial charge in [-0.25, -0.2) is 0 Å². The van der Waals surface area contributed by atoms with E-state index in [-0.39, 0.29) is 18.4 Å². The highest BCUT2D eigenvalue weighted by molar-refractivity contribution is 5.79. The molecule has 0 atom stereocenters. The van der Waals surface area contributed by atoms with Crippen LogP contribution in [0.3, 0.4) is 0 Å². The predicted molar refractivity (Wildman–Crippen MR) is 141 cm³/mol. The second kappa shape index (κ2) is 13.1. The van der Waals surface area contributed by atoms with Crippen LogP contribution in [0.1, 0.15) is 29.5 Å². The summed E-state index contributed by atoms with van der Waals surface area (Å²) in [7, 11) is 1.67. The minimum Gasteiger partial charge on any atom is -0.493 e. The van der Waals surface area contributed by atoms with Crippen LogP contribution in [0.5, 0.6) is 11.5 Å². The van der Waals surface area contributed by atoms with Gasteiger partial charge in [-0.2, -0.15) is 0 Å². The predicted octanol–water partition coefficient (Wildman–Crippen LogP) is 4.51. The van der Waals surface area contributed by atoms with Gasteiger partial charge in [0.1, 0.15) is 6.61 Å². The number of carbonyl (C=O) groups excluding carboxylic acids is 1. The van der Waals surface area contributed by atoms with E-state index in [1.807, 2.05) is 72.8 Å². The van der Waals surface area contributed by atoms with E-state index >= 15 is 0 Å². The Morgan fingerprint density at radius 3 is 2.22 bits per heavy atom. The summed E-state index contributed by atoms with van der Waals surface area (Å²) in [6.45, 7) is 3.92. The van der Waals surface area contributed by atoms with Crippen molar-refractivity contribution in [2.24, 2.45) is 5.92 Å². The number of ether oxygens (including phenoxy) is 2. The van der Waals surface area contributed by atoms with E-state index in [0.29, 0.717) is 19.7 Å². The van der Waals surface area contributed by atoms with Crippen molar-refractivity contribution >= 4 is 5.91 Å². The van der Waals surface area contributed by atoms with E-state index in [1.165, 1.54) is 0 Å². The van der Waals surface area contributed by atoms with Gasteiger partial charge in [0.15, 0.2) is 11.5 Å². The van der Waals surface area contributed by atoms with E-state index < -0.39 is 0 Å². The molecular weight excluding hydrogens is 452 g/mol. The Bertz CT molecular complexity index is 1080. The number of rotatable bonds is 11. The topological polar surface area (TPSA) is 62.2 Å². The molecule has 0 bridgehead atoms. The van der Waals surface area contributed by atoms with Crippen LogP contribution in [-0.2, 0) is 24.5 Å². The van der Waals surface area contributed by atoms with Crippen LogP contribution in [-0.4, -0.2) is 54.2 Å². The fraction of sp³-hybridized carbons (Fsp3) is 0.367. The lowest BCUT2D eigenvalue weighted by molar-refractivity contribution is -0.138. The summed E-state index contributed by atoms with van der Waals surface area (Å²) in [6.07, 6.45) is 1.65. The lowest BCUT2D eigenvalue weighted by atomic mass is 9.94. The molecule has 4 rings (SSSR count). The molecule has 0 spiro atoms. The summed E-state index contributed by atoms with van der Waals surface area (Å²) in [6, 6.07) is 26.2. The first-order valence-corrected chi connectivity index (χ1v) is 12.7. The maximum atomic E-state index is 13.2. The number of nitrogens with zero attached hydrogens (tertiary/aromatic N) is 2. The Balaban J connectivity index is 1.30. The van der Waals surface area contributed by atoms with Crippen molar-refractivity contribution in [3.8, 4) is 11.5 Å². The van der Waals surface area contributed by atoms with Crippen LogP contribution in [0.15, 0.2) is 78.9 Å². The molecule has 1 fully saturated rings. The zero-order chi connectivity index (χ0) is 25.2. The minimum absolute atomic E-state index is 0.000175. The van der Waals surface area contributed by atoms with E-state index in [2.05, 4.69) is 11.0 Å². The summed E-state index contributed by atoms with van der Waals surface area (Å²) < 4.78 is 11.6. The summed E-state index contributed by atoms with van der Waals surface area (Å²) in [5, 5.41) is 9.50. The summed E-state index contributed by atoms with van der Waals surface area (Å²) in [5.41, 5.74) is 3.36. The Morgan fingerprint density at radius 1 is 0.917 bits per heavy atom. The van der Waals surface area contributed by atoms with Crippen LogP contribution in [0.4, 0.5) is 0 Å². The monoisotopic (exact) mass is 488 g/mol. The van der Waals surface area contributed by atoms with Gasteiger partial charge in [-0.15, -0.1) is 0 Å². The number of hydrogen-bond acceptors (Lipinski definition) is 5. The molecule has 0 aromatic heterocycles. The first-order valence-electron chi connectivity index (χ1n) is 12.7. The fourth-order valence-corrected chi connectivity index (χ4v) is 4.71. The highest BCUT2D eigenvalue weighted by Crippen LogP contribution is 2.30. The maximum absolute atomic E-state index is 13.2. The molecule has 1 heterocycles. The number of aliphatic hydroxyl groups is 1. The smallest absolute Gasteiger partial charge is 0.226 e. The first kappa shape index (κ1) is 25.7. The molecule has 3 aromatic rings. The average Bonchev–Trinajstić information content (AvgIpc) is 2.93. The number of methoxy groups -OCH3 is 1. The Labute approximate surface area is 214 Å². The molecule has 1 aliphatic rings. The normalized spacial score (nSPS) is 14.4. The van der Waals surface area contributed by atoms with E-state index in [4.69, 9.17) is 9.47 Å². The molecule has 190 valence electrons. The van der Waals surface area contributed by atoms with Gasteiger partial charge in [0.2, 0.25) is 5.91 Å². The molecule has 0 saturated carbocycles. The Morgan fingerprint density at radius 2 is 1.58 bits per heavy atom. The number of carbonyl (C=O) groups is 1. The lowest BCUT2D eigenvalue weighted by Gasteiger charge is -2.34. The molecule has 0 unspecified atom stereocenters. The molecule has 1 amide bonds. The summed E-state index contributed by atoms with van der Waals surface area (Å²) in [5.74, 6) is 1.61. The number of hydrogen-bond donors (Lipinski definition) is 1. The molecule has 0 aliphatic carbocycles. The van der Waals surface area contributed by atoms with Gasteiger partial charge >= 0.3 is 0 Å². The van der Waals surface area contributed by atoms with Crippen molar-refractivity contribution in [3.05, 3.63) is 95.6 Å². The average molecular weight is 489 g/mol. The number of likely N-dealkylation sites (tertiary alicyclic amines) is 1. The van der Waals surface area contributed by atoms with E-state index in [0.717, 1.165) is 60.7 Å². The summed E-state index contributed by atoms with van der Waals surface area (Å²) in [4.78, 5) is 17.4. The van der Waals surface area contributed by atoms with E-state index in [1.54, 1.807) is 12.0 Å². The molecular formula is C30H36N2O4. The summed E-state index contributed by atoms with van der Waals surface area (Å²) >= 11 is 0. The molecule has 6 heteroatoms. The van der Waals surface area contributed by atoms with Crippen molar-refractivity contribution in [1.82, 2.24) is 9.80 Å². The third kappa shape index (κ3) is 7.09. The van der Waals surface area contributed by atoms with Crippen LogP contribution in [0.2, 0.25) is 0 Å². The minimum atomic E-state index is -0.0235. The lowest BCUT2D eigenvalue weighted by Crippen LogP contribution is -2.43. The number of piperidine rings is 1. The number of amides is 1. The third-order valence-corrected chi connectivity index (χ3v) is 6.71. The Hall–Kier alpha value is -3.35. The highest BCUT2D eigenvalue weighted by Gasteiger charge is 2.28. The SMILES string of the molecule is COc1cc(CN2CCC(C(=O)N(CCO)Cc3ccccc3)CC2)ccc1OCc1ccccc1. The molecule has 1 saturated heterocycles. The van der Waals surface area contributed by atoms with Gasteiger partial charge in [-0.05, 0) is 54.8 Å². The van der Waals surface area contributed by atoms with Gasteiger partial charge in [0, 0.05) is 25.6 Å². The van der Waals surface area contributed by atoms with Gasteiger partial charge in [-0.1, -0.05) is 66.7 Å². The second-order valence-electron chi connectivity index (χ2n) is 9.28. The first-order chi connectivity index (χ1) is 17.7. The molecule has 1 N–H and O–H groups in total. The molecule has 3 aromatic carbocycles. The zero-order valence-electron chi connectivity index (χ0n) is 21.0. The number of aliphatic hydroxyl groups excluding tert-OH is 1. The van der Waals surface area contributed by atoms with Crippen LogP contribution >= 0.6 is 0 Å². The van der Waals surface area contributed by atoms with Gasteiger partial charge in [0.25, 0.3) is 0 Å². The molecule has 6 nitrogen and oxygen atoms in total. The maximum Gasteiger partial charge on any atom is 0.226 e. The van der Waals surface area contributed by atoms with Crippen LogP contribution in [0, 0.1) is 5.92 Å². The van der Waals surface area contributed by atoms with Gasteiger partial charge in [0.05, 0.1) is 13.7 Å². The second-order valence-corrected chi connectivity index (χ2v) is 9.28. The fourth-order valence-electron chi connectivity index (χ4n) is 4.71. The largest absolute Gasteiger partial charge is 0.493 e. The van der Waals surface area contributed by atoms with Gasteiger partial charge < -0.3 is 19.5 Å². The number of benzene rings is 3. The van der Waals surface area contributed by atoms with Crippen molar-refractivity contribution in [2.45, 2.75) is 32.5 Å². The quantitative estimate of drug-likeness (QED) is 0.430. The van der Waals surface area contributed by atoms with E-state index in [9.17, 15) is 9.90 Å². The zero-order valence-corrected chi connectivity index (χ0v) is 21.0. The molecule has 36 heavy (non-hydrogen) atoms. The van der Waals surface area contributed by atoms with Crippen molar-refractivity contribution in [2.75, 3.05) is 33.4 Å².